The first-order valence-electron chi connectivity index (χ1n) is 11.9. The van der Waals surface area contributed by atoms with Crippen molar-refractivity contribution in [1.82, 2.24) is 10.2 Å². The molecule has 0 aliphatic heterocycles. The van der Waals surface area contributed by atoms with E-state index in [4.69, 9.17) is 14.2 Å². The molecular weight excluding hydrogens is 456 g/mol. The number of likely N-dealkylation sites (N-methyl/N-ethyl adjacent to an activating group) is 1. The third-order valence-electron chi connectivity index (χ3n) is 5.94. The second kappa shape index (κ2) is 13.2. The fourth-order valence-electron chi connectivity index (χ4n) is 4.04. The third kappa shape index (κ3) is 7.01. The third-order valence-corrected chi connectivity index (χ3v) is 5.94. The fraction of sp³-hybridized carbons (Fsp3) is 0.310. The second-order valence-electron chi connectivity index (χ2n) is 8.34. The lowest BCUT2D eigenvalue weighted by Gasteiger charge is -2.31. The SMILES string of the molecule is CCNC(=O)[C@H](Cc1ccccc1)N(Cc1ccc(OC)cc1)C(=O)Cc1ccc(OC)c(OC)c1. The second-order valence-corrected chi connectivity index (χ2v) is 8.34. The van der Waals surface area contributed by atoms with Crippen LogP contribution in [-0.2, 0) is 29.0 Å². The zero-order valence-corrected chi connectivity index (χ0v) is 21.3. The van der Waals surface area contributed by atoms with Crippen molar-refractivity contribution in [3.05, 3.63) is 89.5 Å². The standard InChI is InChI=1S/C29H34N2O5/c1-5-30-29(33)25(17-21-9-7-6-8-10-21)31(20-22-11-14-24(34-2)15-12-22)28(32)19-23-13-16-26(35-3)27(18-23)36-4/h6-16,18,25H,5,17,19-20H2,1-4H3,(H,30,33)/t25-/m0/s1. The van der Waals surface area contributed by atoms with E-state index in [0.717, 1.165) is 22.4 Å². The summed E-state index contributed by atoms with van der Waals surface area (Å²) in [6.45, 7) is 2.63. The van der Waals surface area contributed by atoms with Crippen LogP contribution in [0.3, 0.4) is 0 Å². The molecule has 190 valence electrons. The molecule has 0 aliphatic carbocycles. The summed E-state index contributed by atoms with van der Waals surface area (Å²) in [5, 5.41) is 2.91. The van der Waals surface area contributed by atoms with Gasteiger partial charge in [-0.05, 0) is 47.9 Å². The predicted molar refractivity (Wildman–Crippen MR) is 139 cm³/mol. The van der Waals surface area contributed by atoms with Gasteiger partial charge < -0.3 is 24.4 Å². The van der Waals surface area contributed by atoms with Crippen LogP contribution in [0.5, 0.6) is 17.2 Å². The minimum atomic E-state index is -0.679. The maximum Gasteiger partial charge on any atom is 0.243 e. The molecular formula is C29H34N2O5. The lowest BCUT2D eigenvalue weighted by atomic mass is 10.0. The van der Waals surface area contributed by atoms with Crippen molar-refractivity contribution in [2.24, 2.45) is 0 Å². The number of amides is 2. The summed E-state index contributed by atoms with van der Waals surface area (Å²) >= 11 is 0. The van der Waals surface area contributed by atoms with Crippen LogP contribution in [0.2, 0.25) is 0 Å². The number of carbonyl (C=O) groups excluding carboxylic acids is 2. The van der Waals surface area contributed by atoms with Crippen LogP contribution in [0.1, 0.15) is 23.6 Å². The van der Waals surface area contributed by atoms with Crippen molar-refractivity contribution in [2.75, 3.05) is 27.9 Å². The topological polar surface area (TPSA) is 77.1 Å². The Morgan fingerprint density at radius 3 is 2.08 bits per heavy atom. The largest absolute Gasteiger partial charge is 0.497 e. The van der Waals surface area contributed by atoms with Gasteiger partial charge in [0, 0.05) is 19.5 Å². The van der Waals surface area contributed by atoms with Crippen LogP contribution < -0.4 is 19.5 Å². The van der Waals surface area contributed by atoms with E-state index in [1.165, 1.54) is 0 Å². The van der Waals surface area contributed by atoms with Crippen molar-refractivity contribution < 1.29 is 23.8 Å². The van der Waals surface area contributed by atoms with Gasteiger partial charge in [-0.2, -0.15) is 0 Å². The van der Waals surface area contributed by atoms with Crippen LogP contribution in [0, 0.1) is 0 Å². The molecule has 0 saturated heterocycles. The first-order valence-corrected chi connectivity index (χ1v) is 11.9. The van der Waals surface area contributed by atoms with Crippen molar-refractivity contribution >= 4 is 11.8 Å². The highest BCUT2D eigenvalue weighted by Crippen LogP contribution is 2.28. The van der Waals surface area contributed by atoms with E-state index in [9.17, 15) is 9.59 Å². The molecule has 1 atom stereocenters. The average Bonchev–Trinajstić information content (AvgIpc) is 2.91. The van der Waals surface area contributed by atoms with E-state index in [-0.39, 0.29) is 24.8 Å². The number of hydrogen-bond acceptors (Lipinski definition) is 5. The molecule has 0 unspecified atom stereocenters. The van der Waals surface area contributed by atoms with Gasteiger partial charge in [0.15, 0.2) is 11.5 Å². The number of benzene rings is 3. The molecule has 0 heterocycles. The molecule has 3 aromatic rings. The lowest BCUT2D eigenvalue weighted by molar-refractivity contribution is -0.140. The summed E-state index contributed by atoms with van der Waals surface area (Å²) in [4.78, 5) is 28.7. The summed E-state index contributed by atoms with van der Waals surface area (Å²) in [7, 11) is 4.74. The van der Waals surface area contributed by atoms with Gasteiger partial charge in [0.1, 0.15) is 11.8 Å². The number of nitrogens with one attached hydrogen (secondary N) is 1. The van der Waals surface area contributed by atoms with Crippen LogP contribution in [0.25, 0.3) is 0 Å². The Labute approximate surface area is 213 Å². The number of nitrogens with zero attached hydrogens (tertiary/aromatic N) is 1. The summed E-state index contributed by atoms with van der Waals surface area (Å²) in [5.41, 5.74) is 2.65. The van der Waals surface area contributed by atoms with Gasteiger partial charge in [-0.25, -0.2) is 0 Å². The van der Waals surface area contributed by atoms with E-state index in [2.05, 4.69) is 5.32 Å². The normalized spacial score (nSPS) is 11.3. The monoisotopic (exact) mass is 490 g/mol. The Kier molecular flexibility index (Phi) is 9.74. The quantitative estimate of drug-likeness (QED) is 0.415. The van der Waals surface area contributed by atoms with Gasteiger partial charge in [-0.15, -0.1) is 0 Å². The van der Waals surface area contributed by atoms with E-state index >= 15 is 0 Å². The van der Waals surface area contributed by atoms with Gasteiger partial charge in [0.05, 0.1) is 27.8 Å². The van der Waals surface area contributed by atoms with Gasteiger partial charge in [-0.3, -0.25) is 9.59 Å². The summed E-state index contributed by atoms with van der Waals surface area (Å²) in [6.07, 6.45) is 0.516. The van der Waals surface area contributed by atoms with Crippen LogP contribution in [0.15, 0.2) is 72.8 Å². The molecule has 7 heteroatoms. The number of hydrogen-bond donors (Lipinski definition) is 1. The maximum atomic E-state index is 13.8. The van der Waals surface area contributed by atoms with E-state index in [1.54, 1.807) is 38.4 Å². The Morgan fingerprint density at radius 1 is 0.806 bits per heavy atom. The molecule has 2 amide bonds. The predicted octanol–water partition coefficient (Wildman–Crippen LogP) is 4.03. The highest BCUT2D eigenvalue weighted by molar-refractivity contribution is 5.88. The number of carbonyl (C=O) groups is 2. The zero-order chi connectivity index (χ0) is 25.9. The van der Waals surface area contributed by atoms with Crippen LogP contribution >= 0.6 is 0 Å². The Bertz CT molecular complexity index is 1130. The smallest absolute Gasteiger partial charge is 0.243 e. The average molecular weight is 491 g/mol. The van der Waals surface area contributed by atoms with Crippen LogP contribution in [-0.4, -0.2) is 50.6 Å². The Hall–Kier alpha value is -4.00. The van der Waals surface area contributed by atoms with Crippen molar-refractivity contribution in [1.29, 1.82) is 0 Å². The molecule has 0 aromatic heterocycles. The first-order chi connectivity index (χ1) is 17.5. The van der Waals surface area contributed by atoms with Crippen LogP contribution in [0.4, 0.5) is 0 Å². The molecule has 1 N–H and O–H groups in total. The number of methoxy groups -OCH3 is 3. The zero-order valence-electron chi connectivity index (χ0n) is 21.3. The number of ether oxygens (including phenoxy) is 3. The number of rotatable bonds is 12. The summed E-state index contributed by atoms with van der Waals surface area (Å²) in [6, 6.07) is 22.0. The lowest BCUT2D eigenvalue weighted by Crippen LogP contribution is -2.50. The molecule has 7 nitrogen and oxygen atoms in total. The highest BCUT2D eigenvalue weighted by atomic mass is 16.5. The maximum absolute atomic E-state index is 13.8. The van der Waals surface area contributed by atoms with Gasteiger partial charge in [0.25, 0.3) is 0 Å². The first kappa shape index (κ1) is 26.6. The minimum Gasteiger partial charge on any atom is -0.497 e. The molecule has 0 radical (unpaired) electrons. The molecule has 0 aliphatic rings. The fourth-order valence-corrected chi connectivity index (χ4v) is 4.04. The molecule has 0 fully saturated rings. The highest BCUT2D eigenvalue weighted by Gasteiger charge is 2.30. The Morgan fingerprint density at radius 2 is 1.47 bits per heavy atom. The van der Waals surface area contributed by atoms with Gasteiger partial charge in [0.2, 0.25) is 11.8 Å². The van der Waals surface area contributed by atoms with Crippen molar-refractivity contribution in [2.45, 2.75) is 32.4 Å². The summed E-state index contributed by atoms with van der Waals surface area (Å²) < 4.78 is 16.0. The molecule has 0 saturated carbocycles. The Balaban J connectivity index is 1.96. The van der Waals surface area contributed by atoms with Gasteiger partial charge >= 0.3 is 0 Å². The molecule has 3 aromatic carbocycles. The van der Waals surface area contributed by atoms with Crippen molar-refractivity contribution in [3.8, 4) is 17.2 Å². The van der Waals surface area contributed by atoms with E-state index in [1.807, 2.05) is 67.6 Å². The summed E-state index contributed by atoms with van der Waals surface area (Å²) in [5.74, 6) is 1.52. The van der Waals surface area contributed by atoms with E-state index < -0.39 is 6.04 Å². The molecule has 3 rings (SSSR count). The van der Waals surface area contributed by atoms with Crippen molar-refractivity contribution in [3.63, 3.8) is 0 Å². The molecule has 36 heavy (non-hydrogen) atoms. The van der Waals surface area contributed by atoms with Gasteiger partial charge in [-0.1, -0.05) is 48.5 Å². The van der Waals surface area contributed by atoms with E-state index in [0.29, 0.717) is 24.5 Å². The molecule has 0 spiro atoms. The molecule has 0 bridgehead atoms. The minimum absolute atomic E-state index is 0.112.